The van der Waals surface area contributed by atoms with Gasteiger partial charge in [0.2, 0.25) is 5.91 Å². The van der Waals surface area contributed by atoms with Crippen LogP contribution in [0.2, 0.25) is 0 Å². The monoisotopic (exact) mass is 381 g/mol. The van der Waals surface area contributed by atoms with Gasteiger partial charge >= 0.3 is 5.69 Å². The molecule has 23 heavy (non-hydrogen) atoms. The normalized spacial score (nSPS) is 16.9. The predicted molar refractivity (Wildman–Crippen MR) is 86.1 cm³/mol. The number of benzene rings is 1. The van der Waals surface area contributed by atoms with Gasteiger partial charge in [-0.2, -0.15) is 0 Å². The number of amides is 1. The van der Waals surface area contributed by atoms with Crippen molar-refractivity contribution in [3.8, 4) is 0 Å². The van der Waals surface area contributed by atoms with Crippen molar-refractivity contribution in [2.75, 3.05) is 5.32 Å². The Labute approximate surface area is 138 Å². The number of hydrogen-bond acceptors (Lipinski definition) is 3. The molecule has 120 valence electrons. The Kier molecular flexibility index (Phi) is 3.71. The summed E-state index contributed by atoms with van der Waals surface area (Å²) in [6.07, 6.45) is -0.0617. The largest absolute Gasteiger partial charge is 0.332 e. The van der Waals surface area contributed by atoms with Crippen LogP contribution in [0.15, 0.2) is 32.3 Å². The first-order valence-corrected chi connectivity index (χ1v) is 7.65. The highest BCUT2D eigenvalue weighted by Gasteiger charge is 2.33. The Morgan fingerprint density at radius 2 is 1.91 bits per heavy atom. The number of aromatic nitrogens is 2. The fourth-order valence-corrected chi connectivity index (χ4v) is 3.23. The maximum absolute atomic E-state index is 14.3. The van der Waals surface area contributed by atoms with Gasteiger partial charge in [0, 0.05) is 30.9 Å². The smallest absolute Gasteiger partial charge is 0.312 e. The van der Waals surface area contributed by atoms with Gasteiger partial charge in [-0.15, -0.1) is 0 Å². The van der Waals surface area contributed by atoms with Crippen LogP contribution in [0, 0.1) is 5.82 Å². The first-order valence-electron chi connectivity index (χ1n) is 6.86. The SMILES string of the molecule is Cn1c2c(c(=O)n(C)c1=O)[C@H](c1cc(Br)ccc1F)CC(=O)N2. The summed E-state index contributed by atoms with van der Waals surface area (Å²) in [4.78, 5) is 36.6. The number of halogens is 2. The molecular weight excluding hydrogens is 369 g/mol. The number of nitrogens with zero attached hydrogens (tertiary/aromatic N) is 2. The van der Waals surface area contributed by atoms with Crippen LogP contribution in [-0.2, 0) is 18.9 Å². The van der Waals surface area contributed by atoms with Gasteiger partial charge in [-0.05, 0) is 23.8 Å². The number of fused-ring (bicyclic) bond motifs is 1. The van der Waals surface area contributed by atoms with E-state index in [0.717, 1.165) is 4.57 Å². The number of nitrogens with one attached hydrogen (secondary N) is 1. The standard InChI is InChI=1S/C15H13BrFN3O3/c1-19-13-12(14(22)20(2)15(19)23)9(6-11(21)18-13)8-5-7(16)3-4-10(8)17/h3-5,9H,6H2,1-2H3,(H,18,21)/t9-/m0/s1. The molecule has 0 saturated heterocycles. The Balaban J connectivity index is 2.36. The molecular formula is C15H13BrFN3O3. The summed E-state index contributed by atoms with van der Waals surface area (Å²) in [5.41, 5.74) is -0.630. The predicted octanol–water partition coefficient (Wildman–Crippen LogP) is 1.46. The quantitative estimate of drug-likeness (QED) is 0.812. The minimum atomic E-state index is -0.748. The zero-order chi connectivity index (χ0) is 16.9. The molecule has 8 heteroatoms. The summed E-state index contributed by atoms with van der Waals surface area (Å²) in [7, 11) is 2.82. The highest BCUT2D eigenvalue weighted by atomic mass is 79.9. The zero-order valence-corrected chi connectivity index (χ0v) is 14.0. The number of anilines is 1. The second kappa shape index (κ2) is 5.45. The molecule has 0 saturated carbocycles. The van der Waals surface area contributed by atoms with Crippen LogP contribution < -0.4 is 16.6 Å². The number of carbonyl (C=O) groups is 1. The molecule has 1 amide bonds. The first kappa shape index (κ1) is 15.7. The summed E-state index contributed by atoms with van der Waals surface area (Å²) in [5, 5.41) is 2.55. The second-order valence-corrected chi connectivity index (χ2v) is 6.35. The molecule has 3 rings (SSSR count). The van der Waals surface area contributed by atoms with Crippen LogP contribution in [0.4, 0.5) is 10.2 Å². The lowest BCUT2D eigenvalue weighted by Crippen LogP contribution is -2.44. The van der Waals surface area contributed by atoms with E-state index in [1.54, 1.807) is 12.1 Å². The van der Waals surface area contributed by atoms with Gasteiger partial charge in [-0.3, -0.25) is 18.7 Å². The Hall–Kier alpha value is -2.22. The maximum Gasteiger partial charge on any atom is 0.332 e. The highest BCUT2D eigenvalue weighted by molar-refractivity contribution is 9.10. The third-order valence-corrected chi connectivity index (χ3v) is 4.52. The van der Waals surface area contributed by atoms with Crippen molar-refractivity contribution in [2.45, 2.75) is 12.3 Å². The molecule has 2 aromatic rings. The molecule has 1 aromatic heterocycles. The molecule has 0 aliphatic carbocycles. The molecule has 0 unspecified atom stereocenters. The van der Waals surface area contributed by atoms with E-state index in [0.29, 0.717) is 4.47 Å². The maximum atomic E-state index is 14.3. The van der Waals surface area contributed by atoms with E-state index in [1.165, 1.54) is 24.7 Å². The van der Waals surface area contributed by atoms with Crippen molar-refractivity contribution in [1.29, 1.82) is 0 Å². The van der Waals surface area contributed by atoms with E-state index < -0.39 is 23.0 Å². The van der Waals surface area contributed by atoms with E-state index in [-0.39, 0.29) is 29.3 Å². The van der Waals surface area contributed by atoms with Gasteiger partial charge < -0.3 is 5.32 Å². The minimum Gasteiger partial charge on any atom is -0.312 e. The Bertz CT molecular complexity index is 948. The van der Waals surface area contributed by atoms with E-state index in [1.807, 2.05) is 0 Å². The van der Waals surface area contributed by atoms with Crippen LogP contribution in [0.25, 0.3) is 0 Å². The van der Waals surface area contributed by atoms with Gasteiger partial charge in [0.1, 0.15) is 11.6 Å². The van der Waals surface area contributed by atoms with Crippen LogP contribution in [-0.4, -0.2) is 15.0 Å². The van der Waals surface area contributed by atoms with Crippen molar-refractivity contribution in [3.05, 3.63) is 60.5 Å². The van der Waals surface area contributed by atoms with E-state index in [9.17, 15) is 18.8 Å². The zero-order valence-electron chi connectivity index (χ0n) is 12.4. The lowest BCUT2D eigenvalue weighted by Gasteiger charge is -2.27. The Morgan fingerprint density at radius 1 is 1.22 bits per heavy atom. The number of rotatable bonds is 1. The van der Waals surface area contributed by atoms with Gasteiger partial charge in [-0.1, -0.05) is 15.9 Å². The van der Waals surface area contributed by atoms with Crippen molar-refractivity contribution >= 4 is 27.7 Å². The molecule has 1 aliphatic rings. The molecule has 0 bridgehead atoms. The fourth-order valence-electron chi connectivity index (χ4n) is 2.85. The minimum absolute atomic E-state index is 0.0617. The molecule has 1 aliphatic heterocycles. The van der Waals surface area contributed by atoms with E-state index in [4.69, 9.17) is 0 Å². The number of carbonyl (C=O) groups excluding carboxylic acids is 1. The average molecular weight is 382 g/mol. The lowest BCUT2D eigenvalue weighted by atomic mass is 9.86. The molecule has 1 N–H and O–H groups in total. The van der Waals surface area contributed by atoms with Gasteiger partial charge in [0.25, 0.3) is 5.56 Å². The summed E-state index contributed by atoms with van der Waals surface area (Å²) in [6.45, 7) is 0. The highest BCUT2D eigenvalue weighted by Crippen LogP contribution is 2.36. The van der Waals surface area contributed by atoms with Crippen molar-refractivity contribution in [1.82, 2.24) is 9.13 Å². The van der Waals surface area contributed by atoms with Gasteiger partial charge in [0.05, 0.1) is 5.56 Å². The van der Waals surface area contributed by atoms with E-state index >= 15 is 0 Å². The first-order chi connectivity index (χ1) is 10.8. The second-order valence-electron chi connectivity index (χ2n) is 5.44. The van der Waals surface area contributed by atoms with Gasteiger partial charge in [-0.25, -0.2) is 9.18 Å². The van der Waals surface area contributed by atoms with Crippen LogP contribution in [0.1, 0.15) is 23.5 Å². The summed E-state index contributed by atoms with van der Waals surface area (Å²) >= 11 is 3.27. The molecule has 1 atom stereocenters. The number of hydrogen-bond donors (Lipinski definition) is 1. The lowest BCUT2D eigenvalue weighted by molar-refractivity contribution is -0.116. The van der Waals surface area contributed by atoms with Crippen LogP contribution in [0.5, 0.6) is 0 Å². The fraction of sp³-hybridized carbons (Fsp3) is 0.267. The summed E-state index contributed by atoms with van der Waals surface area (Å²) in [6, 6.07) is 4.37. The molecule has 1 aromatic carbocycles. The molecule has 0 radical (unpaired) electrons. The van der Waals surface area contributed by atoms with Crippen LogP contribution in [0.3, 0.4) is 0 Å². The Morgan fingerprint density at radius 3 is 2.61 bits per heavy atom. The van der Waals surface area contributed by atoms with Crippen molar-refractivity contribution < 1.29 is 9.18 Å². The third-order valence-electron chi connectivity index (χ3n) is 4.03. The summed E-state index contributed by atoms with van der Waals surface area (Å²) < 4.78 is 17.0. The molecule has 0 fully saturated rings. The topological polar surface area (TPSA) is 73.1 Å². The van der Waals surface area contributed by atoms with Crippen molar-refractivity contribution in [2.24, 2.45) is 14.1 Å². The molecule has 6 nitrogen and oxygen atoms in total. The van der Waals surface area contributed by atoms with Gasteiger partial charge in [0.15, 0.2) is 0 Å². The van der Waals surface area contributed by atoms with Crippen LogP contribution >= 0.6 is 15.9 Å². The van der Waals surface area contributed by atoms with Crippen molar-refractivity contribution in [3.63, 3.8) is 0 Å². The van der Waals surface area contributed by atoms with E-state index in [2.05, 4.69) is 21.2 Å². The summed E-state index contributed by atoms with van der Waals surface area (Å²) in [5.74, 6) is -1.50. The average Bonchev–Trinajstić information content (AvgIpc) is 2.52. The third kappa shape index (κ3) is 2.42. The molecule has 2 heterocycles. The molecule has 0 spiro atoms.